The standard InChI is InChI=1S/C19H19ClN2O/c20-16-9-7-15(8-10-16)19(11-12-19)21-18(23)22-13-3-5-14-4-1-2-6-17(14)22/h1-2,4,6-10H,3,5,11-13H2,(H,21,23). The lowest BCUT2D eigenvalue weighted by atomic mass is 10.0. The van der Waals surface area contributed by atoms with Crippen molar-refractivity contribution in [2.24, 2.45) is 0 Å². The van der Waals surface area contributed by atoms with E-state index >= 15 is 0 Å². The van der Waals surface area contributed by atoms with Crippen molar-refractivity contribution in [1.29, 1.82) is 0 Å². The minimum Gasteiger partial charge on any atom is -0.328 e. The quantitative estimate of drug-likeness (QED) is 0.866. The molecule has 3 nitrogen and oxygen atoms in total. The van der Waals surface area contributed by atoms with Gasteiger partial charge in [-0.15, -0.1) is 0 Å². The zero-order valence-electron chi connectivity index (χ0n) is 12.9. The summed E-state index contributed by atoms with van der Waals surface area (Å²) in [6.45, 7) is 0.777. The Balaban J connectivity index is 1.56. The molecule has 1 aliphatic heterocycles. The molecule has 2 aliphatic rings. The van der Waals surface area contributed by atoms with Gasteiger partial charge in [0.15, 0.2) is 0 Å². The zero-order valence-corrected chi connectivity index (χ0v) is 13.6. The van der Waals surface area contributed by atoms with Crippen molar-refractivity contribution in [3.05, 3.63) is 64.7 Å². The maximum atomic E-state index is 12.8. The Morgan fingerprint density at radius 2 is 1.83 bits per heavy atom. The highest BCUT2D eigenvalue weighted by Crippen LogP contribution is 2.46. The fourth-order valence-corrected chi connectivity index (χ4v) is 3.52. The predicted octanol–water partition coefficient (Wildman–Crippen LogP) is 4.49. The van der Waals surface area contributed by atoms with Crippen LogP contribution in [0.4, 0.5) is 10.5 Å². The molecule has 4 rings (SSSR count). The first-order valence-electron chi connectivity index (χ1n) is 8.12. The normalized spacial score (nSPS) is 18.2. The van der Waals surface area contributed by atoms with E-state index in [-0.39, 0.29) is 11.6 Å². The third kappa shape index (κ3) is 2.70. The minimum absolute atomic E-state index is 0.00426. The van der Waals surface area contributed by atoms with Crippen LogP contribution in [0.1, 0.15) is 30.4 Å². The number of amides is 2. The molecule has 0 atom stereocenters. The van der Waals surface area contributed by atoms with Crippen LogP contribution in [0.3, 0.4) is 0 Å². The van der Waals surface area contributed by atoms with E-state index in [0.717, 1.165) is 48.5 Å². The third-order valence-corrected chi connectivity index (χ3v) is 5.10. The van der Waals surface area contributed by atoms with Gasteiger partial charge in [-0.05, 0) is 55.0 Å². The van der Waals surface area contributed by atoms with E-state index in [9.17, 15) is 4.79 Å². The zero-order chi connectivity index (χ0) is 15.9. The molecule has 4 heteroatoms. The van der Waals surface area contributed by atoms with Crippen LogP contribution in [0.5, 0.6) is 0 Å². The van der Waals surface area contributed by atoms with Crippen LogP contribution >= 0.6 is 11.6 Å². The number of hydrogen-bond acceptors (Lipinski definition) is 1. The summed E-state index contributed by atoms with van der Waals surface area (Å²) in [4.78, 5) is 14.7. The number of anilines is 1. The minimum atomic E-state index is -0.214. The number of fused-ring (bicyclic) bond motifs is 1. The first kappa shape index (κ1) is 14.6. The van der Waals surface area contributed by atoms with Crippen molar-refractivity contribution in [2.75, 3.05) is 11.4 Å². The molecule has 1 N–H and O–H groups in total. The number of urea groups is 1. The molecule has 0 spiro atoms. The molecular weight excluding hydrogens is 308 g/mol. The average molecular weight is 327 g/mol. The molecule has 1 aliphatic carbocycles. The first-order chi connectivity index (χ1) is 11.2. The van der Waals surface area contributed by atoms with Gasteiger partial charge in [-0.25, -0.2) is 4.79 Å². The molecule has 0 aromatic heterocycles. The maximum Gasteiger partial charge on any atom is 0.322 e. The Morgan fingerprint density at radius 1 is 1.09 bits per heavy atom. The van der Waals surface area contributed by atoms with Gasteiger partial charge in [0.2, 0.25) is 0 Å². The van der Waals surface area contributed by atoms with Gasteiger partial charge in [-0.3, -0.25) is 4.90 Å². The van der Waals surface area contributed by atoms with Crippen LogP contribution < -0.4 is 10.2 Å². The molecule has 0 radical (unpaired) electrons. The smallest absolute Gasteiger partial charge is 0.322 e. The second-order valence-electron chi connectivity index (χ2n) is 6.40. The fraction of sp³-hybridized carbons (Fsp3) is 0.316. The number of nitrogens with zero attached hydrogens (tertiary/aromatic N) is 1. The highest BCUT2D eigenvalue weighted by Gasteiger charge is 2.46. The molecule has 0 saturated heterocycles. The summed E-state index contributed by atoms with van der Waals surface area (Å²) in [5.41, 5.74) is 3.22. The fourth-order valence-electron chi connectivity index (χ4n) is 3.40. The molecule has 118 valence electrons. The molecule has 1 fully saturated rings. The topological polar surface area (TPSA) is 32.3 Å². The number of nitrogens with one attached hydrogen (secondary N) is 1. The lowest BCUT2D eigenvalue weighted by Crippen LogP contribution is -2.47. The van der Waals surface area contributed by atoms with Gasteiger partial charge in [0, 0.05) is 17.3 Å². The van der Waals surface area contributed by atoms with Crippen molar-refractivity contribution in [1.82, 2.24) is 5.32 Å². The largest absolute Gasteiger partial charge is 0.328 e. The molecular formula is C19H19ClN2O. The van der Waals surface area contributed by atoms with Crippen LogP contribution in [0.15, 0.2) is 48.5 Å². The number of benzene rings is 2. The predicted molar refractivity (Wildman–Crippen MR) is 93.0 cm³/mol. The monoisotopic (exact) mass is 326 g/mol. The third-order valence-electron chi connectivity index (χ3n) is 4.85. The van der Waals surface area contributed by atoms with E-state index in [1.807, 2.05) is 47.4 Å². The van der Waals surface area contributed by atoms with E-state index in [2.05, 4.69) is 11.4 Å². The lowest BCUT2D eigenvalue weighted by Gasteiger charge is -2.31. The first-order valence-corrected chi connectivity index (χ1v) is 8.49. The number of carbonyl (C=O) groups excluding carboxylic acids is 1. The Morgan fingerprint density at radius 3 is 2.57 bits per heavy atom. The highest BCUT2D eigenvalue weighted by molar-refractivity contribution is 6.30. The van der Waals surface area contributed by atoms with Crippen LogP contribution in [-0.2, 0) is 12.0 Å². The highest BCUT2D eigenvalue weighted by atomic mass is 35.5. The number of rotatable bonds is 2. The van der Waals surface area contributed by atoms with E-state index in [0.29, 0.717) is 0 Å². The van der Waals surface area contributed by atoms with Crippen LogP contribution in [0, 0.1) is 0 Å². The molecule has 2 aromatic carbocycles. The SMILES string of the molecule is O=C(NC1(c2ccc(Cl)cc2)CC1)N1CCCc2ccccc21. The molecule has 1 heterocycles. The van der Waals surface area contributed by atoms with Crippen molar-refractivity contribution < 1.29 is 4.79 Å². The Kier molecular flexibility index (Phi) is 3.53. The molecule has 23 heavy (non-hydrogen) atoms. The maximum absolute atomic E-state index is 12.8. The number of hydrogen-bond donors (Lipinski definition) is 1. The van der Waals surface area contributed by atoms with E-state index in [4.69, 9.17) is 11.6 Å². The second kappa shape index (κ2) is 5.57. The Labute approximate surface area is 141 Å². The van der Waals surface area contributed by atoms with Gasteiger partial charge >= 0.3 is 6.03 Å². The van der Waals surface area contributed by atoms with Gasteiger partial charge < -0.3 is 5.32 Å². The summed E-state index contributed by atoms with van der Waals surface area (Å²) < 4.78 is 0. The molecule has 0 bridgehead atoms. The van der Waals surface area contributed by atoms with Crippen LogP contribution in [0.2, 0.25) is 5.02 Å². The van der Waals surface area contributed by atoms with E-state index in [1.54, 1.807) is 0 Å². The summed E-state index contributed by atoms with van der Waals surface area (Å²) in [7, 11) is 0. The number of carbonyl (C=O) groups is 1. The van der Waals surface area contributed by atoms with E-state index in [1.165, 1.54) is 5.56 Å². The number of halogens is 1. The van der Waals surface area contributed by atoms with Gasteiger partial charge in [0.05, 0.1) is 5.54 Å². The summed E-state index contributed by atoms with van der Waals surface area (Å²) in [5.74, 6) is 0. The Hall–Kier alpha value is -2.00. The summed E-state index contributed by atoms with van der Waals surface area (Å²) in [6.07, 6.45) is 4.02. The molecule has 2 amide bonds. The summed E-state index contributed by atoms with van der Waals surface area (Å²) >= 11 is 5.97. The van der Waals surface area contributed by atoms with Gasteiger partial charge in [-0.2, -0.15) is 0 Å². The Bertz CT molecular complexity index is 737. The van der Waals surface area contributed by atoms with Gasteiger partial charge in [0.25, 0.3) is 0 Å². The average Bonchev–Trinajstić information content (AvgIpc) is 3.35. The van der Waals surface area contributed by atoms with Gasteiger partial charge in [-0.1, -0.05) is 41.9 Å². The lowest BCUT2D eigenvalue weighted by molar-refractivity contribution is 0.241. The van der Waals surface area contributed by atoms with E-state index < -0.39 is 0 Å². The van der Waals surface area contributed by atoms with Crippen LogP contribution in [-0.4, -0.2) is 12.6 Å². The molecule has 2 aromatic rings. The van der Waals surface area contributed by atoms with Crippen molar-refractivity contribution >= 4 is 23.3 Å². The van der Waals surface area contributed by atoms with Crippen molar-refractivity contribution in [2.45, 2.75) is 31.2 Å². The molecule has 0 unspecified atom stereocenters. The number of aryl methyl sites for hydroxylation is 1. The summed E-state index contributed by atoms with van der Waals surface area (Å²) in [5, 5.41) is 3.98. The molecule has 1 saturated carbocycles. The second-order valence-corrected chi connectivity index (χ2v) is 6.84. The number of para-hydroxylation sites is 1. The van der Waals surface area contributed by atoms with Gasteiger partial charge in [0.1, 0.15) is 0 Å². The van der Waals surface area contributed by atoms with Crippen LogP contribution in [0.25, 0.3) is 0 Å². The van der Waals surface area contributed by atoms with Crippen molar-refractivity contribution in [3.8, 4) is 0 Å². The van der Waals surface area contributed by atoms with Crippen molar-refractivity contribution in [3.63, 3.8) is 0 Å². The summed E-state index contributed by atoms with van der Waals surface area (Å²) in [6, 6.07) is 16.0.